The van der Waals surface area contributed by atoms with Crippen molar-refractivity contribution in [3.05, 3.63) is 89.2 Å². The summed E-state index contributed by atoms with van der Waals surface area (Å²) in [5.41, 5.74) is 2.69. The third kappa shape index (κ3) is 3.98. The number of halogens is 2. The molecule has 0 aliphatic rings. The van der Waals surface area contributed by atoms with Crippen LogP contribution in [0.5, 0.6) is 0 Å². The molecule has 0 saturated carbocycles. The Labute approximate surface area is 150 Å². The Morgan fingerprint density at radius 1 is 0.960 bits per heavy atom. The molecular weight excluding hydrogens is 339 g/mol. The van der Waals surface area contributed by atoms with Gasteiger partial charge >= 0.3 is 0 Å². The second-order valence-corrected chi connectivity index (χ2v) is 5.93. The molecule has 0 saturated heterocycles. The largest absolute Gasteiger partial charge is 0.345 e. The van der Waals surface area contributed by atoms with Gasteiger partial charge < -0.3 is 10.2 Å². The number of carbonyl (C=O) groups is 1. The summed E-state index contributed by atoms with van der Waals surface area (Å²) < 4.78 is 13.0. The maximum atomic E-state index is 13.0. The maximum absolute atomic E-state index is 13.0. The minimum Gasteiger partial charge on any atom is -0.345 e. The standard InChI is InChI=1S/C20H16ClFN2O/c1-24(16-5-3-2-4-6-16)17-11-12-19(21)18(13-17)20(25)23-15-9-7-14(22)8-10-15/h2-13H,1H3,(H,23,25). The summed E-state index contributed by atoms with van der Waals surface area (Å²) >= 11 is 6.19. The van der Waals surface area contributed by atoms with Gasteiger partial charge in [0, 0.05) is 24.1 Å². The summed E-state index contributed by atoms with van der Waals surface area (Å²) in [6.07, 6.45) is 0. The molecule has 3 aromatic carbocycles. The van der Waals surface area contributed by atoms with Gasteiger partial charge in [-0.3, -0.25) is 4.79 Å². The molecule has 25 heavy (non-hydrogen) atoms. The molecule has 3 rings (SSSR count). The number of amides is 1. The van der Waals surface area contributed by atoms with Crippen LogP contribution in [0.25, 0.3) is 0 Å². The fourth-order valence-corrected chi connectivity index (χ4v) is 2.63. The van der Waals surface area contributed by atoms with E-state index in [1.54, 1.807) is 12.1 Å². The third-order valence-electron chi connectivity index (χ3n) is 3.83. The van der Waals surface area contributed by atoms with Gasteiger partial charge in [0.1, 0.15) is 5.82 Å². The highest BCUT2D eigenvalue weighted by Gasteiger charge is 2.14. The zero-order chi connectivity index (χ0) is 17.8. The van der Waals surface area contributed by atoms with Crippen molar-refractivity contribution in [3.8, 4) is 0 Å². The minimum absolute atomic E-state index is 0.347. The number of anilines is 3. The van der Waals surface area contributed by atoms with Gasteiger partial charge in [0.2, 0.25) is 0 Å². The quantitative estimate of drug-likeness (QED) is 0.671. The Bertz CT molecular complexity index is 882. The highest BCUT2D eigenvalue weighted by molar-refractivity contribution is 6.34. The molecule has 0 aliphatic carbocycles. The molecule has 0 unspecified atom stereocenters. The van der Waals surface area contributed by atoms with Crippen molar-refractivity contribution in [1.82, 2.24) is 0 Å². The fraction of sp³-hybridized carbons (Fsp3) is 0.0500. The Kier molecular flexibility index (Phi) is 5.00. The van der Waals surface area contributed by atoms with E-state index in [1.807, 2.05) is 48.3 Å². The Balaban J connectivity index is 1.86. The predicted octanol–water partition coefficient (Wildman–Crippen LogP) is 5.50. The molecule has 0 aliphatic heterocycles. The molecule has 0 heterocycles. The van der Waals surface area contributed by atoms with E-state index in [9.17, 15) is 9.18 Å². The summed E-state index contributed by atoms with van der Waals surface area (Å²) in [6.45, 7) is 0. The average molecular weight is 355 g/mol. The highest BCUT2D eigenvalue weighted by atomic mass is 35.5. The normalized spacial score (nSPS) is 10.4. The van der Waals surface area contributed by atoms with E-state index in [0.29, 0.717) is 16.3 Å². The van der Waals surface area contributed by atoms with Crippen molar-refractivity contribution < 1.29 is 9.18 Å². The van der Waals surface area contributed by atoms with Crippen molar-refractivity contribution in [2.45, 2.75) is 0 Å². The summed E-state index contributed by atoms with van der Waals surface area (Å²) in [5, 5.41) is 3.08. The summed E-state index contributed by atoms with van der Waals surface area (Å²) in [7, 11) is 1.92. The van der Waals surface area contributed by atoms with Crippen LogP contribution in [0, 0.1) is 5.82 Å². The number of benzene rings is 3. The van der Waals surface area contributed by atoms with E-state index in [-0.39, 0.29) is 11.7 Å². The molecule has 1 amide bonds. The Hall–Kier alpha value is -2.85. The van der Waals surface area contributed by atoms with Crippen LogP contribution < -0.4 is 10.2 Å². The van der Waals surface area contributed by atoms with Crippen molar-refractivity contribution in [3.63, 3.8) is 0 Å². The second kappa shape index (κ2) is 7.36. The first-order valence-corrected chi connectivity index (χ1v) is 8.07. The number of carbonyl (C=O) groups excluding carboxylic acids is 1. The number of hydrogen-bond donors (Lipinski definition) is 1. The lowest BCUT2D eigenvalue weighted by Crippen LogP contribution is -2.15. The third-order valence-corrected chi connectivity index (χ3v) is 4.16. The number of nitrogens with zero attached hydrogens (tertiary/aromatic N) is 1. The van der Waals surface area contributed by atoms with Crippen molar-refractivity contribution in [2.24, 2.45) is 0 Å². The minimum atomic E-state index is -0.359. The zero-order valence-electron chi connectivity index (χ0n) is 13.5. The number of para-hydroxylation sites is 1. The topological polar surface area (TPSA) is 32.3 Å². The van der Waals surface area contributed by atoms with Gasteiger partial charge in [0.15, 0.2) is 0 Å². The van der Waals surface area contributed by atoms with E-state index < -0.39 is 0 Å². The maximum Gasteiger partial charge on any atom is 0.257 e. The summed E-state index contributed by atoms with van der Waals surface area (Å²) in [6, 6.07) is 20.7. The van der Waals surface area contributed by atoms with Crippen LogP contribution in [-0.4, -0.2) is 13.0 Å². The van der Waals surface area contributed by atoms with E-state index in [0.717, 1.165) is 11.4 Å². The molecule has 5 heteroatoms. The van der Waals surface area contributed by atoms with Crippen molar-refractivity contribution >= 4 is 34.6 Å². The molecule has 126 valence electrons. The van der Waals surface area contributed by atoms with Gasteiger partial charge in [0.05, 0.1) is 10.6 Å². The van der Waals surface area contributed by atoms with Gasteiger partial charge in [-0.15, -0.1) is 0 Å². The van der Waals surface area contributed by atoms with Gasteiger partial charge in [-0.05, 0) is 54.6 Å². The monoisotopic (exact) mass is 354 g/mol. The molecule has 0 bridgehead atoms. The van der Waals surface area contributed by atoms with Gasteiger partial charge in [-0.2, -0.15) is 0 Å². The van der Waals surface area contributed by atoms with Crippen LogP contribution in [0.1, 0.15) is 10.4 Å². The molecule has 3 aromatic rings. The van der Waals surface area contributed by atoms with Crippen LogP contribution in [0.3, 0.4) is 0 Å². The fourth-order valence-electron chi connectivity index (χ4n) is 2.43. The zero-order valence-corrected chi connectivity index (χ0v) is 14.3. The summed E-state index contributed by atoms with van der Waals surface area (Å²) in [4.78, 5) is 14.5. The van der Waals surface area contributed by atoms with E-state index >= 15 is 0 Å². The van der Waals surface area contributed by atoms with Gasteiger partial charge in [-0.1, -0.05) is 29.8 Å². The molecule has 1 N–H and O–H groups in total. The van der Waals surface area contributed by atoms with Gasteiger partial charge in [-0.25, -0.2) is 4.39 Å². The van der Waals surface area contributed by atoms with E-state index in [4.69, 9.17) is 11.6 Å². The Morgan fingerprint density at radius 3 is 2.32 bits per heavy atom. The first-order chi connectivity index (χ1) is 12.0. The molecule has 0 atom stereocenters. The molecular formula is C20H16ClFN2O. The van der Waals surface area contributed by atoms with Crippen LogP contribution in [0.4, 0.5) is 21.5 Å². The average Bonchev–Trinajstić information content (AvgIpc) is 2.64. The smallest absolute Gasteiger partial charge is 0.257 e. The predicted molar refractivity (Wildman–Crippen MR) is 100 cm³/mol. The highest BCUT2D eigenvalue weighted by Crippen LogP contribution is 2.28. The lowest BCUT2D eigenvalue weighted by molar-refractivity contribution is 0.102. The number of rotatable bonds is 4. The van der Waals surface area contributed by atoms with Gasteiger partial charge in [0.25, 0.3) is 5.91 Å². The lowest BCUT2D eigenvalue weighted by Gasteiger charge is -2.20. The molecule has 0 fully saturated rings. The van der Waals surface area contributed by atoms with Crippen LogP contribution in [0.15, 0.2) is 72.8 Å². The summed E-state index contributed by atoms with van der Waals surface area (Å²) in [5.74, 6) is -0.706. The van der Waals surface area contributed by atoms with E-state index in [2.05, 4.69) is 5.32 Å². The van der Waals surface area contributed by atoms with E-state index in [1.165, 1.54) is 24.3 Å². The SMILES string of the molecule is CN(c1ccccc1)c1ccc(Cl)c(C(=O)Nc2ccc(F)cc2)c1. The van der Waals surface area contributed by atoms with Crippen LogP contribution >= 0.6 is 11.6 Å². The molecule has 0 radical (unpaired) electrons. The number of nitrogens with one attached hydrogen (secondary N) is 1. The first-order valence-electron chi connectivity index (χ1n) is 7.70. The molecule has 0 aromatic heterocycles. The van der Waals surface area contributed by atoms with Crippen LogP contribution in [0.2, 0.25) is 5.02 Å². The first kappa shape index (κ1) is 17.0. The molecule has 0 spiro atoms. The van der Waals surface area contributed by atoms with Crippen molar-refractivity contribution in [1.29, 1.82) is 0 Å². The lowest BCUT2D eigenvalue weighted by atomic mass is 10.1. The number of hydrogen-bond acceptors (Lipinski definition) is 2. The van der Waals surface area contributed by atoms with Crippen LogP contribution in [-0.2, 0) is 0 Å². The molecule has 3 nitrogen and oxygen atoms in total. The second-order valence-electron chi connectivity index (χ2n) is 5.52. The van der Waals surface area contributed by atoms with Crippen molar-refractivity contribution in [2.75, 3.05) is 17.3 Å². The Morgan fingerprint density at radius 2 is 1.64 bits per heavy atom.